The maximum absolute atomic E-state index is 12.7. The van der Waals surface area contributed by atoms with Gasteiger partial charge < -0.3 is 4.57 Å². The molecule has 0 aromatic carbocycles. The standard InChI is InChI=1S/C14H23ClN2O2S/c1-2-7-16-12-14(10-13(16)11-15)20(18,19)17-8-5-3-4-6-9-17/h10,12H,2-9,11H2,1H3. The normalized spacial score (nSPS) is 18.1. The van der Waals surface area contributed by atoms with Crippen LogP contribution in [0.4, 0.5) is 0 Å². The van der Waals surface area contributed by atoms with Crippen LogP contribution in [0.25, 0.3) is 0 Å². The quantitative estimate of drug-likeness (QED) is 0.782. The van der Waals surface area contributed by atoms with Gasteiger partial charge in [0, 0.05) is 31.5 Å². The summed E-state index contributed by atoms with van der Waals surface area (Å²) < 4.78 is 29.0. The molecular weight excluding hydrogens is 296 g/mol. The van der Waals surface area contributed by atoms with Crippen molar-refractivity contribution in [3.63, 3.8) is 0 Å². The van der Waals surface area contributed by atoms with Crippen molar-refractivity contribution in [3.8, 4) is 0 Å². The highest BCUT2D eigenvalue weighted by atomic mass is 35.5. The van der Waals surface area contributed by atoms with Gasteiger partial charge in [0.15, 0.2) is 0 Å². The van der Waals surface area contributed by atoms with E-state index in [9.17, 15) is 8.42 Å². The number of sulfonamides is 1. The van der Waals surface area contributed by atoms with E-state index in [0.717, 1.165) is 44.3 Å². The molecule has 114 valence electrons. The molecule has 1 saturated heterocycles. The van der Waals surface area contributed by atoms with Crippen LogP contribution in [0.15, 0.2) is 17.2 Å². The molecule has 1 aliphatic rings. The van der Waals surface area contributed by atoms with Crippen molar-refractivity contribution in [2.24, 2.45) is 0 Å². The summed E-state index contributed by atoms with van der Waals surface area (Å²) in [7, 11) is -3.36. The fourth-order valence-corrected chi connectivity index (χ4v) is 4.47. The van der Waals surface area contributed by atoms with Crippen LogP contribution in [0, 0.1) is 0 Å². The fourth-order valence-electron chi connectivity index (χ4n) is 2.66. The zero-order valence-corrected chi connectivity index (χ0v) is 13.6. The molecule has 2 heterocycles. The molecule has 1 aromatic rings. The van der Waals surface area contributed by atoms with Crippen LogP contribution in [0.5, 0.6) is 0 Å². The lowest BCUT2D eigenvalue weighted by Gasteiger charge is -2.18. The van der Waals surface area contributed by atoms with E-state index >= 15 is 0 Å². The third kappa shape index (κ3) is 3.38. The molecule has 20 heavy (non-hydrogen) atoms. The number of hydrogen-bond acceptors (Lipinski definition) is 2. The van der Waals surface area contributed by atoms with Crippen molar-refractivity contribution in [3.05, 3.63) is 18.0 Å². The van der Waals surface area contributed by atoms with Crippen LogP contribution >= 0.6 is 11.6 Å². The zero-order chi connectivity index (χ0) is 14.6. The molecule has 0 amide bonds. The number of aryl methyl sites for hydroxylation is 1. The lowest BCUT2D eigenvalue weighted by molar-refractivity contribution is 0.423. The predicted molar refractivity (Wildman–Crippen MR) is 81.5 cm³/mol. The number of rotatable bonds is 5. The van der Waals surface area contributed by atoms with Gasteiger partial charge in [0.1, 0.15) is 4.90 Å². The Balaban J connectivity index is 2.28. The number of hydrogen-bond donors (Lipinski definition) is 0. The first kappa shape index (κ1) is 15.9. The summed E-state index contributed by atoms with van der Waals surface area (Å²) in [4.78, 5) is 0.392. The van der Waals surface area contributed by atoms with Crippen LogP contribution < -0.4 is 0 Å². The van der Waals surface area contributed by atoms with Gasteiger partial charge >= 0.3 is 0 Å². The molecule has 0 spiro atoms. The van der Waals surface area contributed by atoms with Crippen molar-refractivity contribution in [1.82, 2.24) is 8.87 Å². The summed E-state index contributed by atoms with van der Waals surface area (Å²) in [6.07, 6.45) is 6.85. The predicted octanol–water partition coefficient (Wildman–Crippen LogP) is 3.20. The smallest absolute Gasteiger partial charge is 0.244 e. The summed E-state index contributed by atoms with van der Waals surface area (Å²) in [5, 5.41) is 0. The maximum Gasteiger partial charge on any atom is 0.244 e. The van der Waals surface area contributed by atoms with Gasteiger partial charge in [-0.25, -0.2) is 8.42 Å². The third-order valence-electron chi connectivity index (χ3n) is 3.77. The average molecular weight is 319 g/mol. The number of nitrogens with zero attached hydrogens (tertiary/aromatic N) is 2. The van der Waals surface area contributed by atoms with Crippen molar-refractivity contribution in [2.75, 3.05) is 13.1 Å². The zero-order valence-electron chi connectivity index (χ0n) is 12.0. The Morgan fingerprint density at radius 3 is 2.40 bits per heavy atom. The van der Waals surface area contributed by atoms with E-state index in [-0.39, 0.29) is 0 Å². The molecule has 2 rings (SSSR count). The lowest BCUT2D eigenvalue weighted by Crippen LogP contribution is -2.31. The second kappa shape index (κ2) is 6.96. The number of halogens is 1. The summed E-state index contributed by atoms with van der Waals surface area (Å²) in [6, 6.07) is 1.73. The fraction of sp³-hybridized carbons (Fsp3) is 0.714. The van der Waals surface area contributed by atoms with E-state index in [2.05, 4.69) is 6.92 Å². The first-order chi connectivity index (χ1) is 9.59. The minimum atomic E-state index is -3.36. The first-order valence-corrected chi connectivity index (χ1v) is 9.32. The average Bonchev–Trinajstić information content (AvgIpc) is 2.66. The van der Waals surface area contributed by atoms with Gasteiger partial charge in [-0.15, -0.1) is 11.6 Å². The van der Waals surface area contributed by atoms with Gasteiger partial charge in [-0.1, -0.05) is 19.8 Å². The molecule has 1 aromatic heterocycles. The van der Waals surface area contributed by atoms with Crippen molar-refractivity contribution in [2.45, 2.75) is 56.3 Å². The minimum absolute atomic E-state index is 0.343. The van der Waals surface area contributed by atoms with E-state index in [1.807, 2.05) is 4.57 Å². The van der Waals surface area contributed by atoms with E-state index in [0.29, 0.717) is 23.9 Å². The Hall–Kier alpha value is -0.520. The molecule has 6 heteroatoms. The molecule has 0 bridgehead atoms. The van der Waals surface area contributed by atoms with Crippen molar-refractivity contribution in [1.29, 1.82) is 0 Å². The highest BCUT2D eigenvalue weighted by molar-refractivity contribution is 7.89. The summed E-state index contributed by atoms with van der Waals surface area (Å²) >= 11 is 5.91. The van der Waals surface area contributed by atoms with E-state index in [4.69, 9.17) is 11.6 Å². The van der Waals surface area contributed by atoms with Crippen molar-refractivity contribution >= 4 is 21.6 Å². The van der Waals surface area contributed by atoms with Crippen LogP contribution in [-0.4, -0.2) is 30.4 Å². The molecule has 0 saturated carbocycles. The molecule has 0 unspecified atom stereocenters. The Morgan fingerprint density at radius 1 is 1.20 bits per heavy atom. The Bertz CT molecular complexity index is 531. The molecule has 0 radical (unpaired) electrons. The van der Waals surface area contributed by atoms with Gasteiger partial charge in [-0.05, 0) is 25.3 Å². The van der Waals surface area contributed by atoms with Crippen LogP contribution in [-0.2, 0) is 22.4 Å². The Kier molecular flexibility index (Phi) is 5.52. The van der Waals surface area contributed by atoms with Crippen LogP contribution in [0.1, 0.15) is 44.7 Å². The van der Waals surface area contributed by atoms with Gasteiger partial charge in [-0.3, -0.25) is 0 Å². The Morgan fingerprint density at radius 2 is 1.85 bits per heavy atom. The summed E-state index contributed by atoms with van der Waals surface area (Å²) in [5.41, 5.74) is 0.877. The van der Waals surface area contributed by atoms with Gasteiger partial charge in [0.25, 0.3) is 0 Å². The number of alkyl halides is 1. The maximum atomic E-state index is 12.7. The molecule has 4 nitrogen and oxygen atoms in total. The largest absolute Gasteiger partial charge is 0.349 e. The number of aromatic nitrogens is 1. The monoisotopic (exact) mass is 318 g/mol. The molecule has 1 fully saturated rings. The first-order valence-electron chi connectivity index (χ1n) is 7.34. The van der Waals surface area contributed by atoms with Crippen molar-refractivity contribution < 1.29 is 8.42 Å². The van der Waals surface area contributed by atoms with E-state index in [1.165, 1.54) is 0 Å². The molecule has 1 aliphatic heterocycles. The summed E-state index contributed by atoms with van der Waals surface area (Å²) in [6.45, 7) is 4.15. The van der Waals surface area contributed by atoms with E-state index < -0.39 is 10.0 Å². The van der Waals surface area contributed by atoms with Crippen LogP contribution in [0.3, 0.4) is 0 Å². The van der Waals surface area contributed by atoms with Gasteiger partial charge in [0.05, 0.1) is 5.88 Å². The van der Waals surface area contributed by atoms with Gasteiger partial charge in [0.2, 0.25) is 10.0 Å². The Labute approximate surface area is 126 Å². The second-order valence-electron chi connectivity index (χ2n) is 5.31. The SMILES string of the molecule is CCCn1cc(S(=O)(=O)N2CCCCCC2)cc1CCl. The van der Waals surface area contributed by atoms with Gasteiger partial charge in [-0.2, -0.15) is 4.31 Å². The third-order valence-corrected chi connectivity index (χ3v) is 5.90. The highest BCUT2D eigenvalue weighted by Crippen LogP contribution is 2.23. The minimum Gasteiger partial charge on any atom is -0.349 e. The molecular formula is C14H23ClN2O2S. The van der Waals surface area contributed by atoms with Crippen LogP contribution in [0.2, 0.25) is 0 Å². The molecule has 0 aliphatic carbocycles. The highest BCUT2D eigenvalue weighted by Gasteiger charge is 2.26. The van der Waals surface area contributed by atoms with E-state index in [1.54, 1.807) is 16.6 Å². The lowest BCUT2D eigenvalue weighted by atomic mass is 10.2. The topological polar surface area (TPSA) is 42.3 Å². The summed E-state index contributed by atoms with van der Waals surface area (Å²) in [5.74, 6) is 0.343. The second-order valence-corrected chi connectivity index (χ2v) is 7.52. The molecule has 0 atom stereocenters. The molecule has 0 N–H and O–H groups in total.